The smallest absolute Gasteiger partial charge is 0.308 e. The van der Waals surface area contributed by atoms with Crippen LogP contribution in [0.25, 0.3) is 0 Å². The van der Waals surface area contributed by atoms with Gasteiger partial charge in [-0.1, -0.05) is 11.6 Å². The minimum Gasteiger partial charge on any atom is -0.504 e. The number of hydrogen-bond acceptors (Lipinski definition) is 5. The van der Waals surface area contributed by atoms with E-state index >= 15 is 0 Å². The molecule has 0 unspecified atom stereocenters. The number of piperazine rings is 1. The molecule has 0 aromatic heterocycles. The van der Waals surface area contributed by atoms with Crippen molar-refractivity contribution in [2.45, 2.75) is 26.3 Å². The molecule has 1 aliphatic heterocycles. The largest absolute Gasteiger partial charge is 0.504 e. The first-order chi connectivity index (χ1) is 10.5. The number of rotatable bonds is 5. The summed E-state index contributed by atoms with van der Waals surface area (Å²) in [5.41, 5.74) is 2.12. The highest BCUT2D eigenvalue weighted by Gasteiger charge is 2.23. The van der Waals surface area contributed by atoms with E-state index in [0.717, 1.165) is 43.7 Å². The first-order valence-electron chi connectivity index (χ1n) is 7.58. The fourth-order valence-corrected chi connectivity index (χ4v) is 2.76. The number of hydrogen-bond donors (Lipinski definition) is 2. The van der Waals surface area contributed by atoms with Crippen molar-refractivity contribution in [2.24, 2.45) is 0 Å². The Morgan fingerprint density at radius 3 is 2.46 bits per heavy atom. The Hall–Kier alpha value is -1.27. The van der Waals surface area contributed by atoms with Crippen LogP contribution < -0.4 is 10.1 Å². The lowest BCUT2D eigenvalue weighted by Gasteiger charge is -2.35. The molecule has 1 saturated heterocycles. The zero-order chi connectivity index (χ0) is 16.1. The second-order valence-corrected chi connectivity index (χ2v) is 5.78. The summed E-state index contributed by atoms with van der Waals surface area (Å²) in [6.45, 7) is 11.2. The Bertz CT molecular complexity index is 561. The highest BCUT2D eigenvalue weighted by atomic mass is 35.5. The molecule has 0 aliphatic carbocycles. The Labute approximate surface area is 155 Å². The Kier molecular flexibility index (Phi) is 10.0. The lowest BCUT2D eigenvalue weighted by molar-refractivity contribution is -0.132. The van der Waals surface area contributed by atoms with Crippen molar-refractivity contribution in [1.82, 2.24) is 10.2 Å². The Morgan fingerprint density at radius 1 is 1.33 bits per heavy atom. The lowest BCUT2D eigenvalue weighted by Crippen LogP contribution is -2.45. The van der Waals surface area contributed by atoms with E-state index in [9.17, 15) is 9.90 Å². The molecule has 5 nitrogen and oxygen atoms in total. The van der Waals surface area contributed by atoms with Gasteiger partial charge in [0.25, 0.3) is 0 Å². The van der Waals surface area contributed by atoms with Crippen LogP contribution in [-0.4, -0.2) is 42.2 Å². The van der Waals surface area contributed by atoms with Gasteiger partial charge in [0.05, 0.1) is 0 Å². The van der Waals surface area contributed by atoms with Gasteiger partial charge in [-0.15, -0.1) is 31.4 Å². The van der Waals surface area contributed by atoms with E-state index in [1.807, 2.05) is 13.0 Å². The first kappa shape index (κ1) is 22.7. The number of phenols is 1. The minimum atomic E-state index is -0.441. The summed E-state index contributed by atoms with van der Waals surface area (Å²) in [6, 6.07) is 5.43. The maximum absolute atomic E-state index is 11.0. The van der Waals surface area contributed by atoms with E-state index in [0.29, 0.717) is 0 Å². The third kappa shape index (κ3) is 6.32. The SMILES string of the molecule is C=C(C)C[C@@H](c1ccc(OC(C)=O)c(O)c1)N1CCNCC1.Cl.Cl. The molecule has 1 atom stereocenters. The molecule has 1 fully saturated rings. The number of ether oxygens (including phenoxy) is 1. The second-order valence-electron chi connectivity index (χ2n) is 5.78. The van der Waals surface area contributed by atoms with Crippen molar-refractivity contribution >= 4 is 30.8 Å². The van der Waals surface area contributed by atoms with Crippen LogP contribution in [0.1, 0.15) is 31.9 Å². The van der Waals surface area contributed by atoms with Gasteiger partial charge in [0.15, 0.2) is 11.5 Å². The number of nitrogens with zero attached hydrogens (tertiary/aromatic N) is 1. The average molecular weight is 377 g/mol. The lowest BCUT2D eigenvalue weighted by atomic mass is 9.97. The fourth-order valence-electron chi connectivity index (χ4n) is 2.76. The number of aromatic hydroxyl groups is 1. The average Bonchev–Trinajstić information content (AvgIpc) is 2.47. The van der Waals surface area contributed by atoms with Crippen molar-refractivity contribution in [3.05, 3.63) is 35.9 Å². The molecule has 7 heteroatoms. The molecule has 0 bridgehead atoms. The summed E-state index contributed by atoms with van der Waals surface area (Å²) in [4.78, 5) is 13.4. The van der Waals surface area contributed by atoms with Gasteiger partial charge >= 0.3 is 5.97 Å². The van der Waals surface area contributed by atoms with Crippen LogP contribution >= 0.6 is 24.8 Å². The normalized spacial score (nSPS) is 15.6. The van der Waals surface area contributed by atoms with E-state index in [2.05, 4.69) is 16.8 Å². The van der Waals surface area contributed by atoms with Crippen LogP contribution in [0.2, 0.25) is 0 Å². The van der Waals surface area contributed by atoms with Gasteiger partial charge in [-0.25, -0.2) is 0 Å². The molecular formula is C17H26Cl2N2O3. The maximum atomic E-state index is 11.0. The number of esters is 1. The van der Waals surface area contributed by atoms with Crippen LogP contribution in [0.3, 0.4) is 0 Å². The molecular weight excluding hydrogens is 351 g/mol. The zero-order valence-electron chi connectivity index (χ0n) is 14.1. The van der Waals surface area contributed by atoms with Gasteiger partial charge in [-0.2, -0.15) is 0 Å². The van der Waals surface area contributed by atoms with E-state index in [1.165, 1.54) is 6.92 Å². The summed E-state index contributed by atoms with van der Waals surface area (Å²) in [5.74, 6) is -0.246. The summed E-state index contributed by atoms with van der Waals surface area (Å²) >= 11 is 0. The quantitative estimate of drug-likeness (QED) is 0.469. The van der Waals surface area contributed by atoms with Crippen molar-refractivity contribution in [3.8, 4) is 11.5 Å². The summed E-state index contributed by atoms with van der Waals surface area (Å²) < 4.78 is 4.98. The standard InChI is InChI=1S/C17H24N2O3.2ClH/c1-12(2)10-15(19-8-6-18-7-9-19)14-4-5-17(16(21)11-14)22-13(3)20;;/h4-5,11,15,18,21H,1,6-10H2,2-3H3;2*1H/t15-;;/m0../s1. The van der Waals surface area contributed by atoms with Crippen LogP contribution in [0.15, 0.2) is 30.4 Å². The maximum Gasteiger partial charge on any atom is 0.308 e. The second kappa shape index (κ2) is 10.6. The van der Waals surface area contributed by atoms with Crippen LogP contribution in [0.4, 0.5) is 0 Å². The highest BCUT2D eigenvalue weighted by molar-refractivity contribution is 5.85. The molecule has 1 aliphatic rings. The van der Waals surface area contributed by atoms with E-state index in [4.69, 9.17) is 4.74 Å². The van der Waals surface area contributed by atoms with E-state index in [-0.39, 0.29) is 42.4 Å². The number of benzene rings is 1. The molecule has 1 aromatic carbocycles. The predicted molar refractivity (Wildman–Crippen MR) is 101 cm³/mol. The third-order valence-electron chi connectivity index (χ3n) is 3.76. The summed E-state index contributed by atoms with van der Waals surface area (Å²) in [5, 5.41) is 13.4. The van der Waals surface area contributed by atoms with Crippen molar-refractivity contribution in [1.29, 1.82) is 0 Å². The molecule has 2 N–H and O–H groups in total. The van der Waals surface area contributed by atoms with Gasteiger partial charge in [0.1, 0.15) is 0 Å². The highest BCUT2D eigenvalue weighted by Crippen LogP contribution is 2.34. The molecule has 0 spiro atoms. The molecule has 24 heavy (non-hydrogen) atoms. The number of halogens is 2. The molecule has 1 heterocycles. The molecule has 0 radical (unpaired) electrons. The number of nitrogens with one attached hydrogen (secondary N) is 1. The molecule has 136 valence electrons. The zero-order valence-corrected chi connectivity index (χ0v) is 15.7. The number of carbonyl (C=O) groups is 1. The van der Waals surface area contributed by atoms with Crippen molar-refractivity contribution in [2.75, 3.05) is 26.2 Å². The third-order valence-corrected chi connectivity index (χ3v) is 3.76. The molecule has 1 aromatic rings. The number of carbonyl (C=O) groups excluding carboxylic acids is 1. The molecule has 0 saturated carbocycles. The van der Waals surface area contributed by atoms with Gasteiger partial charge in [-0.05, 0) is 31.0 Å². The molecule has 0 amide bonds. The van der Waals surface area contributed by atoms with Gasteiger partial charge < -0.3 is 15.2 Å². The van der Waals surface area contributed by atoms with Crippen molar-refractivity contribution in [3.63, 3.8) is 0 Å². The van der Waals surface area contributed by atoms with Gasteiger partial charge in [0, 0.05) is 39.1 Å². The van der Waals surface area contributed by atoms with Gasteiger partial charge in [0.2, 0.25) is 0 Å². The van der Waals surface area contributed by atoms with Gasteiger partial charge in [-0.3, -0.25) is 9.69 Å². The van der Waals surface area contributed by atoms with Crippen molar-refractivity contribution < 1.29 is 14.6 Å². The molecule has 2 rings (SSSR count). The Morgan fingerprint density at radius 2 is 1.96 bits per heavy atom. The minimum absolute atomic E-state index is 0. The van der Waals surface area contributed by atoms with Crippen LogP contribution in [0, 0.1) is 0 Å². The summed E-state index contributed by atoms with van der Waals surface area (Å²) in [7, 11) is 0. The van der Waals surface area contributed by atoms with E-state index in [1.54, 1.807) is 12.1 Å². The fraction of sp³-hybridized carbons (Fsp3) is 0.471. The summed E-state index contributed by atoms with van der Waals surface area (Å²) in [6.07, 6.45) is 0.840. The number of phenolic OH excluding ortho intramolecular Hbond substituents is 1. The van der Waals surface area contributed by atoms with Crippen LogP contribution in [0.5, 0.6) is 11.5 Å². The topological polar surface area (TPSA) is 61.8 Å². The van der Waals surface area contributed by atoms with Crippen LogP contribution in [-0.2, 0) is 4.79 Å². The Balaban J connectivity index is 0.00000264. The predicted octanol–water partition coefficient (Wildman–Crippen LogP) is 3.07. The van der Waals surface area contributed by atoms with E-state index < -0.39 is 5.97 Å². The first-order valence-corrected chi connectivity index (χ1v) is 7.58. The monoisotopic (exact) mass is 376 g/mol.